The van der Waals surface area contributed by atoms with Gasteiger partial charge in [0.1, 0.15) is 0 Å². The van der Waals surface area contributed by atoms with Crippen molar-refractivity contribution in [1.82, 2.24) is 0 Å². The van der Waals surface area contributed by atoms with Gasteiger partial charge in [-0.25, -0.2) is 4.79 Å². The molecule has 0 spiro atoms. The molecule has 0 aliphatic heterocycles. The van der Waals surface area contributed by atoms with Crippen LogP contribution in [0.15, 0.2) is 11.6 Å². The maximum atomic E-state index is 12.3. The molecule has 0 saturated carbocycles. The number of carbonyl (C=O) groups excluding carboxylic acids is 1. The molecule has 0 aromatic rings. The number of hydrogen-bond donors (Lipinski definition) is 0. The van der Waals surface area contributed by atoms with E-state index in [4.69, 9.17) is 4.74 Å². The molecule has 0 fully saturated rings. The first-order chi connectivity index (χ1) is 20.6. The summed E-state index contributed by atoms with van der Waals surface area (Å²) in [4.78, 5) is 12.3. The first kappa shape index (κ1) is 41.2. The molecule has 0 radical (unpaired) electrons. The van der Waals surface area contributed by atoms with Crippen molar-refractivity contribution in [2.45, 2.75) is 227 Å². The number of esters is 1. The third kappa shape index (κ3) is 32.1. The van der Waals surface area contributed by atoms with Crippen LogP contribution in [-0.2, 0) is 9.53 Å². The van der Waals surface area contributed by atoms with Crippen molar-refractivity contribution in [2.75, 3.05) is 6.61 Å². The Hall–Kier alpha value is -0.790. The van der Waals surface area contributed by atoms with Gasteiger partial charge in [0.2, 0.25) is 0 Å². The lowest BCUT2D eigenvalue weighted by atomic mass is 9.99. The SMILES string of the molecule is CCCCCCCCCCCCCCCCCCCCOC(=O)C(C)=CC(C)CCCCCCCCCCCCCC. The van der Waals surface area contributed by atoms with Gasteiger partial charge in [-0.05, 0) is 25.7 Å². The van der Waals surface area contributed by atoms with E-state index in [0.717, 1.165) is 12.0 Å². The van der Waals surface area contributed by atoms with Gasteiger partial charge in [-0.15, -0.1) is 0 Å². The third-order valence-electron chi connectivity index (χ3n) is 9.10. The van der Waals surface area contributed by atoms with Gasteiger partial charge < -0.3 is 4.74 Å². The fourth-order valence-electron chi connectivity index (χ4n) is 6.17. The van der Waals surface area contributed by atoms with Crippen LogP contribution in [0.5, 0.6) is 0 Å². The van der Waals surface area contributed by atoms with Crippen molar-refractivity contribution >= 4 is 5.97 Å². The Labute approximate surface area is 266 Å². The van der Waals surface area contributed by atoms with Crippen LogP contribution >= 0.6 is 0 Å². The Balaban J connectivity index is 3.44. The van der Waals surface area contributed by atoms with Gasteiger partial charge in [0.05, 0.1) is 6.61 Å². The molecule has 1 unspecified atom stereocenters. The van der Waals surface area contributed by atoms with Crippen molar-refractivity contribution in [3.63, 3.8) is 0 Å². The maximum absolute atomic E-state index is 12.3. The Morgan fingerprint density at radius 3 is 1.10 bits per heavy atom. The number of ether oxygens (including phenoxy) is 1. The summed E-state index contributed by atoms with van der Waals surface area (Å²) in [5.74, 6) is 0.356. The normalized spacial score (nSPS) is 12.6. The van der Waals surface area contributed by atoms with Crippen LogP contribution in [0.3, 0.4) is 0 Å². The van der Waals surface area contributed by atoms with E-state index in [9.17, 15) is 4.79 Å². The second-order valence-corrected chi connectivity index (χ2v) is 13.7. The average molecular weight is 591 g/mol. The Morgan fingerprint density at radius 2 is 0.762 bits per heavy atom. The topological polar surface area (TPSA) is 26.3 Å². The lowest BCUT2D eigenvalue weighted by Crippen LogP contribution is -2.08. The highest BCUT2D eigenvalue weighted by molar-refractivity contribution is 5.87. The van der Waals surface area contributed by atoms with Crippen LogP contribution in [0.2, 0.25) is 0 Å². The molecule has 42 heavy (non-hydrogen) atoms. The minimum Gasteiger partial charge on any atom is -0.462 e. The van der Waals surface area contributed by atoms with E-state index in [0.29, 0.717) is 12.5 Å². The van der Waals surface area contributed by atoms with Gasteiger partial charge in [-0.1, -0.05) is 213 Å². The largest absolute Gasteiger partial charge is 0.462 e. The number of allylic oxidation sites excluding steroid dienone is 1. The molecule has 250 valence electrons. The molecule has 0 amide bonds. The van der Waals surface area contributed by atoms with Crippen LogP contribution in [-0.4, -0.2) is 12.6 Å². The summed E-state index contributed by atoms with van der Waals surface area (Å²) in [6, 6.07) is 0. The zero-order chi connectivity index (χ0) is 30.8. The summed E-state index contributed by atoms with van der Waals surface area (Å²) < 4.78 is 5.54. The van der Waals surface area contributed by atoms with Crippen LogP contribution in [0.1, 0.15) is 227 Å². The van der Waals surface area contributed by atoms with Crippen LogP contribution in [0, 0.1) is 5.92 Å². The highest BCUT2D eigenvalue weighted by atomic mass is 16.5. The van der Waals surface area contributed by atoms with Gasteiger partial charge in [0, 0.05) is 5.57 Å². The summed E-state index contributed by atoms with van der Waals surface area (Å²) in [7, 11) is 0. The quantitative estimate of drug-likeness (QED) is 0.0423. The molecule has 0 aliphatic carbocycles. The summed E-state index contributed by atoms with van der Waals surface area (Å²) >= 11 is 0. The molecule has 0 bridgehead atoms. The van der Waals surface area contributed by atoms with E-state index in [1.54, 1.807) is 0 Å². The number of rotatable bonds is 34. The number of unbranched alkanes of at least 4 members (excludes halogenated alkanes) is 28. The molecular formula is C40H78O2. The van der Waals surface area contributed by atoms with E-state index in [1.165, 1.54) is 193 Å². The van der Waals surface area contributed by atoms with Crippen molar-refractivity contribution in [3.8, 4) is 0 Å². The number of hydrogen-bond acceptors (Lipinski definition) is 2. The van der Waals surface area contributed by atoms with Crippen molar-refractivity contribution < 1.29 is 9.53 Å². The average Bonchev–Trinajstić information content (AvgIpc) is 2.98. The van der Waals surface area contributed by atoms with E-state index >= 15 is 0 Å². The van der Waals surface area contributed by atoms with Gasteiger partial charge in [0.15, 0.2) is 0 Å². The zero-order valence-electron chi connectivity index (χ0n) is 29.6. The highest BCUT2D eigenvalue weighted by Crippen LogP contribution is 2.17. The first-order valence-corrected chi connectivity index (χ1v) is 19.5. The van der Waals surface area contributed by atoms with Crippen LogP contribution in [0.25, 0.3) is 0 Å². The van der Waals surface area contributed by atoms with Gasteiger partial charge in [-0.2, -0.15) is 0 Å². The predicted molar refractivity (Wildman–Crippen MR) is 188 cm³/mol. The lowest BCUT2D eigenvalue weighted by Gasteiger charge is -2.09. The molecular weight excluding hydrogens is 512 g/mol. The number of carbonyl (C=O) groups is 1. The first-order valence-electron chi connectivity index (χ1n) is 19.5. The maximum Gasteiger partial charge on any atom is 0.333 e. The van der Waals surface area contributed by atoms with Crippen molar-refractivity contribution in [3.05, 3.63) is 11.6 Å². The Morgan fingerprint density at radius 1 is 0.476 bits per heavy atom. The van der Waals surface area contributed by atoms with E-state index in [-0.39, 0.29) is 5.97 Å². The van der Waals surface area contributed by atoms with E-state index in [1.807, 2.05) is 6.92 Å². The fraction of sp³-hybridized carbons (Fsp3) is 0.925. The molecule has 0 heterocycles. The molecule has 2 heteroatoms. The standard InChI is InChI=1S/C40H78O2/c1-5-7-9-11-13-15-17-19-20-21-22-23-24-26-28-30-32-34-36-42-40(41)39(4)37-38(3)35-33-31-29-27-25-18-16-14-12-10-8-6-2/h37-38H,5-36H2,1-4H3. The summed E-state index contributed by atoms with van der Waals surface area (Å²) in [6.45, 7) is 9.33. The molecule has 0 aromatic heterocycles. The minimum atomic E-state index is -0.108. The third-order valence-corrected chi connectivity index (χ3v) is 9.10. The molecule has 0 saturated heterocycles. The monoisotopic (exact) mass is 591 g/mol. The van der Waals surface area contributed by atoms with Crippen LogP contribution in [0.4, 0.5) is 0 Å². The smallest absolute Gasteiger partial charge is 0.333 e. The second kappa shape index (κ2) is 34.7. The van der Waals surface area contributed by atoms with Crippen molar-refractivity contribution in [1.29, 1.82) is 0 Å². The Bertz CT molecular complexity index is 566. The highest BCUT2D eigenvalue weighted by Gasteiger charge is 2.08. The lowest BCUT2D eigenvalue weighted by molar-refractivity contribution is -0.139. The zero-order valence-corrected chi connectivity index (χ0v) is 29.6. The van der Waals surface area contributed by atoms with E-state index in [2.05, 4.69) is 26.8 Å². The molecule has 0 N–H and O–H groups in total. The molecule has 0 aliphatic rings. The van der Waals surface area contributed by atoms with Gasteiger partial charge >= 0.3 is 5.97 Å². The molecule has 1 atom stereocenters. The molecule has 0 aromatic carbocycles. The summed E-state index contributed by atoms with van der Waals surface area (Å²) in [5, 5.41) is 0. The van der Waals surface area contributed by atoms with Gasteiger partial charge in [0.25, 0.3) is 0 Å². The predicted octanol–water partition coefficient (Wildman–Crippen LogP) is 14.2. The molecule has 0 rings (SSSR count). The minimum absolute atomic E-state index is 0.108. The second-order valence-electron chi connectivity index (χ2n) is 13.7. The fourth-order valence-corrected chi connectivity index (χ4v) is 6.17. The Kier molecular flexibility index (Phi) is 34.0. The van der Waals surface area contributed by atoms with Gasteiger partial charge in [-0.3, -0.25) is 0 Å². The van der Waals surface area contributed by atoms with E-state index < -0.39 is 0 Å². The summed E-state index contributed by atoms with van der Waals surface area (Å²) in [6.07, 6.45) is 44.8. The molecule has 2 nitrogen and oxygen atoms in total. The summed E-state index contributed by atoms with van der Waals surface area (Å²) in [5.41, 5.74) is 0.795. The van der Waals surface area contributed by atoms with Crippen LogP contribution < -0.4 is 0 Å². The van der Waals surface area contributed by atoms with Crippen molar-refractivity contribution in [2.24, 2.45) is 5.92 Å².